The number of rotatable bonds is 6. The molecule has 20 heavy (non-hydrogen) atoms. The average Bonchev–Trinajstić information content (AvgIpc) is 2.48. The third kappa shape index (κ3) is 3.81. The van der Waals surface area contributed by atoms with Gasteiger partial charge in [-0.25, -0.2) is 0 Å². The van der Waals surface area contributed by atoms with E-state index < -0.39 is 0 Å². The van der Waals surface area contributed by atoms with Gasteiger partial charge in [-0.05, 0) is 35.4 Å². The van der Waals surface area contributed by atoms with Crippen molar-refractivity contribution in [3.05, 3.63) is 59.9 Å². The Hall–Kier alpha value is -1.87. The Morgan fingerprint density at radius 3 is 2.55 bits per heavy atom. The van der Waals surface area contributed by atoms with Gasteiger partial charge in [-0.3, -0.25) is 4.98 Å². The van der Waals surface area contributed by atoms with Crippen LogP contribution in [0.25, 0.3) is 0 Å². The van der Waals surface area contributed by atoms with Gasteiger partial charge < -0.3 is 10.6 Å². The normalized spacial score (nSPS) is 11.3. The topological polar surface area (TPSA) is 37.0 Å². The first kappa shape index (κ1) is 14.5. The zero-order valence-electron chi connectivity index (χ0n) is 12.5. The monoisotopic (exact) mass is 269 g/mol. The number of nitrogens with zero attached hydrogens (tertiary/aromatic N) is 1. The second-order valence-electron chi connectivity index (χ2n) is 5.67. The number of hydrogen-bond donors (Lipinski definition) is 2. The van der Waals surface area contributed by atoms with E-state index in [1.807, 2.05) is 19.4 Å². The molecule has 2 N–H and O–H groups in total. The first-order valence-electron chi connectivity index (χ1n) is 7.00. The van der Waals surface area contributed by atoms with Gasteiger partial charge in [-0.15, -0.1) is 0 Å². The Kier molecular flexibility index (Phi) is 4.74. The van der Waals surface area contributed by atoms with Crippen molar-refractivity contribution in [3.63, 3.8) is 0 Å². The largest absolute Gasteiger partial charge is 0.388 e. The van der Waals surface area contributed by atoms with Gasteiger partial charge in [0.25, 0.3) is 0 Å². The molecule has 0 aliphatic carbocycles. The summed E-state index contributed by atoms with van der Waals surface area (Å²) in [5, 5.41) is 6.71. The molecule has 1 aromatic heterocycles. The molecule has 106 valence electrons. The Labute approximate surface area is 121 Å². The number of pyridine rings is 1. The van der Waals surface area contributed by atoms with Crippen LogP contribution >= 0.6 is 0 Å². The maximum Gasteiger partial charge on any atom is 0.0340 e. The summed E-state index contributed by atoms with van der Waals surface area (Å²) in [5.74, 6) is 0. The molecule has 0 saturated carbocycles. The van der Waals surface area contributed by atoms with Crippen LogP contribution in [0.2, 0.25) is 0 Å². The molecule has 2 aromatic rings. The van der Waals surface area contributed by atoms with Crippen LogP contribution in [0.1, 0.15) is 25.0 Å². The molecule has 0 aliphatic heterocycles. The maximum atomic E-state index is 4.08. The van der Waals surface area contributed by atoms with Gasteiger partial charge in [0.05, 0.1) is 0 Å². The van der Waals surface area contributed by atoms with E-state index in [0.717, 1.165) is 18.8 Å². The SMILES string of the molecule is CNc1cccc(CNCC(C)(C)c2ccncc2)c1. The fraction of sp³-hybridized carbons (Fsp3) is 0.353. The Bertz CT molecular complexity index is 535. The van der Waals surface area contributed by atoms with Crippen LogP contribution in [0.4, 0.5) is 5.69 Å². The van der Waals surface area contributed by atoms with E-state index in [0.29, 0.717) is 0 Å². The van der Waals surface area contributed by atoms with Crippen LogP contribution in [-0.2, 0) is 12.0 Å². The zero-order valence-corrected chi connectivity index (χ0v) is 12.5. The van der Waals surface area contributed by atoms with Crippen molar-refractivity contribution in [1.29, 1.82) is 0 Å². The van der Waals surface area contributed by atoms with Gasteiger partial charge in [0.15, 0.2) is 0 Å². The van der Waals surface area contributed by atoms with Crippen LogP contribution in [0, 0.1) is 0 Å². The molecule has 0 bridgehead atoms. The van der Waals surface area contributed by atoms with Crippen molar-refractivity contribution in [1.82, 2.24) is 10.3 Å². The van der Waals surface area contributed by atoms with E-state index in [4.69, 9.17) is 0 Å². The molecule has 0 aliphatic rings. The third-order valence-corrected chi connectivity index (χ3v) is 3.57. The lowest BCUT2D eigenvalue weighted by molar-refractivity contribution is 0.468. The van der Waals surface area contributed by atoms with E-state index in [2.05, 4.69) is 65.9 Å². The fourth-order valence-electron chi connectivity index (χ4n) is 2.26. The highest BCUT2D eigenvalue weighted by molar-refractivity contribution is 5.44. The van der Waals surface area contributed by atoms with Gasteiger partial charge in [-0.1, -0.05) is 26.0 Å². The molecule has 0 atom stereocenters. The van der Waals surface area contributed by atoms with E-state index >= 15 is 0 Å². The summed E-state index contributed by atoms with van der Waals surface area (Å²) in [7, 11) is 1.94. The molecule has 0 amide bonds. The Morgan fingerprint density at radius 1 is 1.10 bits per heavy atom. The van der Waals surface area contributed by atoms with Gasteiger partial charge in [-0.2, -0.15) is 0 Å². The summed E-state index contributed by atoms with van der Waals surface area (Å²) >= 11 is 0. The van der Waals surface area contributed by atoms with Gasteiger partial charge in [0.2, 0.25) is 0 Å². The van der Waals surface area contributed by atoms with Gasteiger partial charge in [0.1, 0.15) is 0 Å². The minimum Gasteiger partial charge on any atom is -0.388 e. The number of anilines is 1. The Morgan fingerprint density at radius 2 is 1.85 bits per heavy atom. The second-order valence-corrected chi connectivity index (χ2v) is 5.67. The standard InChI is InChI=1S/C17H23N3/c1-17(2,15-7-9-19-10-8-15)13-20-12-14-5-4-6-16(11-14)18-3/h4-11,18,20H,12-13H2,1-3H3. The molecule has 2 rings (SSSR count). The van der Waals surface area contributed by atoms with Crippen molar-refractivity contribution in [3.8, 4) is 0 Å². The lowest BCUT2D eigenvalue weighted by atomic mass is 9.85. The highest BCUT2D eigenvalue weighted by Gasteiger charge is 2.19. The first-order chi connectivity index (χ1) is 9.62. The number of hydrogen-bond acceptors (Lipinski definition) is 3. The quantitative estimate of drug-likeness (QED) is 0.845. The minimum absolute atomic E-state index is 0.101. The summed E-state index contributed by atoms with van der Waals surface area (Å²) in [6.07, 6.45) is 3.71. The molecule has 0 fully saturated rings. The van der Waals surface area contributed by atoms with E-state index in [-0.39, 0.29) is 5.41 Å². The van der Waals surface area contributed by atoms with E-state index in [1.54, 1.807) is 0 Å². The molecular weight excluding hydrogens is 246 g/mol. The lowest BCUT2D eigenvalue weighted by Crippen LogP contribution is -2.32. The van der Waals surface area contributed by atoms with Crippen molar-refractivity contribution >= 4 is 5.69 Å². The van der Waals surface area contributed by atoms with Crippen LogP contribution in [-0.4, -0.2) is 18.6 Å². The van der Waals surface area contributed by atoms with Gasteiger partial charge in [0, 0.05) is 43.6 Å². The van der Waals surface area contributed by atoms with Crippen molar-refractivity contribution in [2.45, 2.75) is 25.8 Å². The minimum atomic E-state index is 0.101. The summed E-state index contributed by atoms with van der Waals surface area (Å²) < 4.78 is 0. The molecular formula is C17H23N3. The molecule has 0 unspecified atom stereocenters. The van der Waals surface area contributed by atoms with Crippen molar-refractivity contribution < 1.29 is 0 Å². The summed E-state index contributed by atoms with van der Waals surface area (Å²) in [5.41, 5.74) is 3.85. The van der Waals surface area contributed by atoms with Crippen molar-refractivity contribution in [2.24, 2.45) is 0 Å². The Balaban J connectivity index is 1.92. The summed E-state index contributed by atoms with van der Waals surface area (Å²) in [6, 6.07) is 12.6. The van der Waals surface area contributed by atoms with Crippen LogP contribution in [0.3, 0.4) is 0 Å². The van der Waals surface area contributed by atoms with E-state index in [1.165, 1.54) is 11.1 Å². The summed E-state index contributed by atoms with van der Waals surface area (Å²) in [6.45, 7) is 6.31. The maximum absolute atomic E-state index is 4.08. The fourth-order valence-corrected chi connectivity index (χ4v) is 2.26. The van der Waals surface area contributed by atoms with Crippen molar-refractivity contribution in [2.75, 3.05) is 18.9 Å². The smallest absolute Gasteiger partial charge is 0.0340 e. The molecule has 1 heterocycles. The molecule has 1 aromatic carbocycles. The average molecular weight is 269 g/mol. The van der Waals surface area contributed by atoms with Crippen LogP contribution in [0.15, 0.2) is 48.8 Å². The molecule has 0 radical (unpaired) electrons. The van der Waals surface area contributed by atoms with E-state index in [9.17, 15) is 0 Å². The third-order valence-electron chi connectivity index (χ3n) is 3.57. The molecule has 3 nitrogen and oxygen atoms in total. The van der Waals surface area contributed by atoms with Crippen LogP contribution in [0.5, 0.6) is 0 Å². The lowest BCUT2D eigenvalue weighted by Gasteiger charge is -2.25. The number of nitrogens with one attached hydrogen (secondary N) is 2. The second kappa shape index (κ2) is 6.53. The number of aromatic nitrogens is 1. The van der Waals surface area contributed by atoms with Gasteiger partial charge >= 0.3 is 0 Å². The first-order valence-corrected chi connectivity index (χ1v) is 7.00. The molecule has 0 saturated heterocycles. The predicted molar refractivity (Wildman–Crippen MR) is 85.0 cm³/mol. The molecule has 3 heteroatoms. The number of benzene rings is 1. The van der Waals surface area contributed by atoms with Crippen LogP contribution < -0.4 is 10.6 Å². The zero-order chi connectivity index (χ0) is 14.4. The highest BCUT2D eigenvalue weighted by Crippen LogP contribution is 2.21. The summed E-state index contributed by atoms with van der Waals surface area (Å²) in [4.78, 5) is 4.08. The highest BCUT2D eigenvalue weighted by atomic mass is 14.9. The molecule has 0 spiro atoms. The predicted octanol–water partition coefficient (Wildman–Crippen LogP) is 3.19.